The highest BCUT2D eigenvalue weighted by Gasteiger charge is 2.36. The zero-order valence-electron chi connectivity index (χ0n) is 14.8. The van der Waals surface area contributed by atoms with Gasteiger partial charge in [-0.3, -0.25) is 9.59 Å². The minimum Gasteiger partial charge on any atom is -0.350 e. The van der Waals surface area contributed by atoms with Crippen molar-refractivity contribution < 1.29 is 9.59 Å². The summed E-state index contributed by atoms with van der Waals surface area (Å²) in [5.74, 6) is -0.0910. The first-order valence-corrected chi connectivity index (χ1v) is 8.80. The molecule has 2 aromatic rings. The third kappa shape index (κ3) is 3.73. The SMILES string of the molecule is CCCN1C(=O)Cc2ccccc2[C@@H]1C(=O)NCc1cccc(C)c1. The van der Waals surface area contributed by atoms with E-state index in [4.69, 9.17) is 0 Å². The van der Waals surface area contributed by atoms with Gasteiger partial charge in [0, 0.05) is 13.1 Å². The van der Waals surface area contributed by atoms with Crippen molar-refractivity contribution in [1.29, 1.82) is 0 Å². The Morgan fingerprint density at radius 3 is 2.76 bits per heavy atom. The molecule has 1 heterocycles. The highest BCUT2D eigenvalue weighted by molar-refractivity contribution is 5.92. The van der Waals surface area contributed by atoms with Crippen molar-refractivity contribution >= 4 is 11.8 Å². The van der Waals surface area contributed by atoms with E-state index in [9.17, 15) is 9.59 Å². The molecule has 1 N–H and O–H groups in total. The van der Waals surface area contributed by atoms with Crippen molar-refractivity contribution in [2.24, 2.45) is 0 Å². The topological polar surface area (TPSA) is 49.4 Å². The number of nitrogens with one attached hydrogen (secondary N) is 1. The first-order valence-electron chi connectivity index (χ1n) is 8.80. The summed E-state index contributed by atoms with van der Waals surface area (Å²) in [4.78, 5) is 27.2. The Labute approximate surface area is 148 Å². The molecule has 0 aliphatic carbocycles. The molecule has 1 aliphatic heterocycles. The number of hydrogen-bond acceptors (Lipinski definition) is 2. The molecular weight excluding hydrogens is 312 g/mol. The molecule has 0 saturated carbocycles. The molecule has 2 amide bonds. The van der Waals surface area contributed by atoms with Crippen LogP contribution in [0.25, 0.3) is 0 Å². The van der Waals surface area contributed by atoms with E-state index in [0.717, 1.165) is 28.7 Å². The normalized spacial score (nSPS) is 16.5. The van der Waals surface area contributed by atoms with Crippen LogP contribution in [0.1, 0.15) is 41.6 Å². The Balaban J connectivity index is 1.83. The Morgan fingerprint density at radius 2 is 2.00 bits per heavy atom. The molecule has 0 bridgehead atoms. The number of nitrogens with zero attached hydrogens (tertiary/aromatic N) is 1. The maximum Gasteiger partial charge on any atom is 0.247 e. The number of amides is 2. The first-order chi connectivity index (χ1) is 12.1. The van der Waals surface area contributed by atoms with E-state index in [2.05, 4.69) is 11.4 Å². The molecule has 130 valence electrons. The standard InChI is InChI=1S/C21H24N2O2/c1-3-11-23-19(24)13-17-9-4-5-10-18(17)20(23)21(25)22-14-16-8-6-7-15(2)12-16/h4-10,12,20H,3,11,13-14H2,1-2H3,(H,22,25)/t20-/m1/s1. The van der Waals surface area contributed by atoms with Gasteiger partial charge >= 0.3 is 0 Å². The maximum absolute atomic E-state index is 12.9. The highest BCUT2D eigenvalue weighted by atomic mass is 16.2. The van der Waals surface area contributed by atoms with Crippen LogP contribution in [0.3, 0.4) is 0 Å². The van der Waals surface area contributed by atoms with E-state index in [0.29, 0.717) is 19.5 Å². The molecule has 3 rings (SSSR count). The monoisotopic (exact) mass is 336 g/mol. The van der Waals surface area contributed by atoms with Gasteiger partial charge in [0.05, 0.1) is 6.42 Å². The van der Waals surface area contributed by atoms with Gasteiger partial charge in [0.1, 0.15) is 6.04 Å². The zero-order chi connectivity index (χ0) is 17.8. The van der Waals surface area contributed by atoms with Gasteiger partial charge in [-0.2, -0.15) is 0 Å². The molecule has 0 spiro atoms. The Morgan fingerprint density at radius 1 is 1.20 bits per heavy atom. The van der Waals surface area contributed by atoms with Crippen LogP contribution in [0.5, 0.6) is 0 Å². The Kier molecular flexibility index (Phi) is 5.17. The number of fused-ring (bicyclic) bond motifs is 1. The molecule has 0 radical (unpaired) electrons. The van der Waals surface area contributed by atoms with Crippen molar-refractivity contribution in [2.75, 3.05) is 6.54 Å². The fraction of sp³-hybridized carbons (Fsp3) is 0.333. The average Bonchev–Trinajstić information content (AvgIpc) is 2.60. The lowest BCUT2D eigenvalue weighted by molar-refractivity contribution is -0.141. The lowest BCUT2D eigenvalue weighted by atomic mass is 9.91. The van der Waals surface area contributed by atoms with E-state index in [1.807, 2.05) is 56.3 Å². The van der Waals surface area contributed by atoms with Crippen molar-refractivity contribution in [3.63, 3.8) is 0 Å². The predicted molar refractivity (Wildman–Crippen MR) is 97.9 cm³/mol. The molecule has 0 aromatic heterocycles. The summed E-state index contributed by atoms with van der Waals surface area (Å²) >= 11 is 0. The molecule has 2 aromatic carbocycles. The first kappa shape index (κ1) is 17.2. The highest BCUT2D eigenvalue weighted by Crippen LogP contribution is 2.30. The molecule has 4 nitrogen and oxygen atoms in total. The summed E-state index contributed by atoms with van der Waals surface area (Å²) in [5.41, 5.74) is 4.12. The average molecular weight is 336 g/mol. The van der Waals surface area contributed by atoms with E-state index in [1.54, 1.807) is 4.90 Å². The second-order valence-corrected chi connectivity index (χ2v) is 6.57. The van der Waals surface area contributed by atoms with E-state index in [1.165, 1.54) is 0 Å². The number of benzene rings is 2. The molecule has 0 fully saturated rings. The molecule has 0 saturated heterocycles. The molecule has 4 heteroatoms. The van der Waals surface area contributed by atoms with Gasteiger partial charge in [-0.1, -0.05) is 61.0 Å². The largest absolute Gasteiger partial charge is 0.350 e. The predicted octanol–water partition coefficient (Wildman–Crippen LogP) is 3.15. The van der Waals surface area contributed by atoms with Crippen molar-refractivity contribution in [1.82, 2.24) is 10.2 Å². The van der Waals surface area contributed by atoms with Crippen LogP contribution >= 0.6 is 0 Å². The second-order valence-electron chi connectivity index (χ2n) is 6.57. The number of rotatable bonds is 5. The summed E-state index contributed by atoms with van der Waals surface area (Å²) < 4.78 is 0. The Hall–Kier alpha value is -2.62. The third-order valence-electron chi connectivity index (χ3n) is 4.59. The lowest BCUT2D eigenvalue weighted by Crippen LogP contribution is -2.47. The summed E-state index contributed by atoms with van der Waals surface area (Å²) in [6.45, 7) is 5.11. The molecular formula is C21H24N2O2. The van der Waals surface area contributed by atoms with Gasteiger partial charge in [0.15, 0.2) is 0 Å². The van der Waals surface area contributed by atoms with Crippen LogP contribution < -0.4 is 5.32 Å². The van der Waals surface area contributed by atoms with Crippen molar-refractivity contribution in [3.05, 3.63) is 70.8 Å². The smallest absolute Gasteiger partial charge is 0.247 e. The Bertz CT molecular complexity index is 785. The number of hydrogen-bond donors (Lipinski definition) is 1. The van der Waals surface area contributed by atoms with Crippen LogP contribution in [0.15, 0.2) is 48.5 Å². The van der Waals surface area contributed by atoms with Gasteiger partial charge in [0.2, 0.25) is 11.8 Å². The summed E-state index contributed by atoms with van der Waals surface area (Å²) in [6.07, 6.45) is 1.20. The number of aryl methyl sites for hydroxylation is 1. The van der Waals surface area contributed by atoms with E-state index < -0.39 is 6.04 Å². The van der Waals surface area contributed by atoms with Crippen LogP contribution in [0, 0.1) is 6.92 Å². The van der Waals surface area contributed by atoms with Crippen LogP contribution in [0.4, 0.5) is 0 Å². The van der Waals surface area contributed by atoms with Gasteiger partial charge in [0.25, 0.3) is 0 Å². The van der Waals surface area contributed by atoms with Crippen molar-refractivity contribution in [3.8, 4) is 0 Å². The van der Waals surface area contributed by atoms with Gasteiger partial charge < -0.3 is 10.2 Å². The minimum absolute atomic E-state index is 0.0243. The fourth-order valence-electron chi connectivity index (χ4n) is 3.42. The molecule has 1 aliphatic rings. The van der Waals surface area contributed by atoms with Gasteiger partial charge in [-0.05, 0) is 30.0 Å². The van der Waals surface area contributed by atoms with Crippen molar-refractivity contribution in [2.45, 2.75) is 39.3 Å². The summed E-state index contributed by atoms with van der Waals surface area (Å²) in [7, 11) is 0. The number of carbonyl (C=O) groups is 2. The third-order valence-corrected chi connectivity index (χ3v) is 4.59. The molecule has 25 heavy (non-hydrogen) atoms. The summed E-state index contributed by atoms with van der Waals surface area (Å²) in [5, 5.41) is 3.01. The quantitative estimate of drug-likeness (QED) is 0.912. The summed E-state index contributed by atoms with van der Waals surface area (Å²) in [6, 6.07) is 15.3. The van der Waals surface area contributed by atoms with E-state index >= 15 is 0 Å². The van der Waals surface area contributed by atoms with Crippen LogP contribution in [-0.4, -0.2) is 23.3 Å². The van der Waals surface area contributed by atoms with Gasteiger partial charge in [-0.15, -0.1) is 0 Å². The molecule has 1 atom stereocenters. The fourth-order valence-corrected chi connectivity index (χ4v) is 3.42. The number of carbonyl (C=O) groups excluding carboxylic acids is 2. The zero-order valence-corrected chi connectivity index (χ0v) is 14.8. The van der Waals surface area contributed by atoms with Crippen LogP contribution in [-0.2, 0) is 22.6 Å². The van der Waals surface area contributed by atoms with E-state index in [-0.39, 0.29) is 11.8 Å². The molecule has 0 unspecified atom stereocenters. The maximum atomic E-state index is 12.9. The van der Waals surface area contributed by atoms with Gasteiger partial charge in [-0.25, -0.2) is 0 Å². The lowest BCUT2D eigenvalue weighted by Gasteiger charge is -2.36. The minimum atomic E-state index is -0.540. The van der Waals surface area contributed by atoms with Crippen LogP contribution in [0.2, 0.25) is 0 Å². The second kappa shape index (κ2) is 7.51.